The van der Waals surface area contributed by atoms with Crippen LogP contribution in [0.15, 0.2) is 38.8 Å². The largest absolute Gasteiger partial charge is 0.334 e. The summed E-state index contributed by atoms with van der Waals surface area (Å²) in [7, 11) is 0. The number of amides is 1. The van der Waals surface area contributed by atoms with Gasteiger partial charge in [-0.1, -0.05) is 27.6 Å². The molecule has 17 heavy (non-hydrogen) atoms. The van der Waals surface area contributed by atoms with E-state index in [4.69, 9.17) is 0 Å². The Kier molecular flexibility index (Phi) is 4.05. The number of halogens is 2. The van der Waals surface area contributed by atoms with E-state index in [1.165, 1.54) is 5.57 Å². The van der Waals surface area contributed by atoms with E-state index >= 15 is 0 Å². The Morgan fingerprint density at radius 2 is 2.12 bits per heavy atom. The Morgan fingerprint density at radius 3 is 2.82 bits per heavy atom. The van der Waals surface area contributed by atoms with Crippen molar-refractivity contribution in [1.82, 2.24) is 4.90 Å². The minimum atomic E-state index is 0.0885. The van der Waals surface area contributed by atoms with Crippen LogP contribution in [0.3, 0.4) is 0 Å². The highest BCUT2D eigenvalue weighted by molar-refractivity contribution is 9.11. The summed E-state index contributed by atoms with van der Waals surface area (Å²) >= 11 is 6.83. The van der Waals surface area contributed by atoms with Gasteiger partial charge < -0.3 is 4.90 Å². The third-order valence-electron chi connectivity index (χ3n) is 2.78. The molecule has 4 heteroatoms. The zero-order valence-electron chi connectivity index (χ0n) is 9.54. The summed E-state index contributed by atoms with van der Waals surface area (Å²) in [5, 5.41) is 0. The number of hydrogen-bond donors (Lipinski definition) is 0. The standard InChI is InChI=1S/C13H13Br2NO/c1-9-3-2-6-16(8-9)13(17)11-7-10(14)4-5-12(11)15/h3-5,7H,2,6,8H2,1H3. The second-order valence-corrected chi connectivity index (χ2v) is 5.96. The van der Waals surface area contributed by atoms with Gasteiger partial charge in [0.05, 0.1) is 5.56 Å². The average molecular weight is 359 g/mol. The number of carbonyl (C=O) groups is 1. The summed E-state index contributed by atoms with van der Waals surface area (Å²) in [5.41, 5.74) is 1.98. The van der Waals surface area contributed by atoms with Gasteiger partial charge in [0.25, 0.3) is 5.91 Å². The van der Waals surface area contributed by atoms with Gasteiger partial charge in [-0.2, -0.15) is 0 Å². The minimum Gasteiger partial charge on any atom is -0.334 e. The van der Waals surface area contributed by atoms with E-state index in [-0.39, 0.29) is 5.91 Å². The van der Waals surface area contributed by atoms with Crippen molar-refractivity contribution in [2.45, 2.75) is 13.3 Å². The van der Waals surface area contributed by atoms with Crippen LogP contribution >= 0.6 is 31.9 Å². The van der Waals surface area contributed by atoms with Gasteiger partial charge in [0, 0.05) is 22.0 Å². The summed E-state index contributed by atoms with van der Waals surface area (Å²) < 4.78 is 1.77. The maximum Gasteiger partial charge on any atom is 0.255 e. The highest BCUT2D eigenvalue weighted by Gasteiger charge is 2.20. The Labute approximate surface area is 118 Å². The fraction of sp³-hybridized carbons (Fsp3) is 0.308. The van der Waals surface area contributed by atoms with Gasteiger partial charge in [-0.25, -0.2) is 0 Å². The van der Waals surface area contributed by atoms with Gasteiger partial charge in [0.1, 0.15) is 0 Å². The van der Waals surface area contributed by atoms with E-state index in [1.807, 2.05) is 23.1 Å². The Bertz CT molecular complexity index is 482. The molecule has 1 heterocycles. The molecule has 0 radical (unpaired) electrons. The molecule has 0 saturated carbocycles. The molecule has 0 atom stereocenters. The molecule has 0 N–H and O–H groups in total. The van der Waals surface area contributed by atoms with Gasteiger partial charge in [-0.15, -0.1) is 0 Å². The third kappa shape index (κ3) is 2.99. The molecular formula is C13H13Br2NO. The first kappa shape index (κ1) is 12.8. The molecule has 1 aromatic rings. The number of carbonyl (C=O) groups excluding carboxylic acids is 1. The van der Waals surface area contributed by atoms with Crippen molar-refractivity contribution >= 4 is 37.8 Å². The fourth-order valence-corrected chi connectivity index (χ4v) is 2.69. The second-order valence-electron chi connectivity index (χ2n) is 4.19. The van der Waals surface area contributed by atoms with E-state index in [0.29, 0.717) is 5.56 Å². The molecule has 0 aromatic heterocycles. The first-order valence-corrected chi connectivity index (χ1v) is 7.06. The molecule has 1 aliphatic rings. The lowest BCUT2D eigenvalue weighted by atomic mass is 10.1. The topological polar surface area (TPSA) is 20.3 Å². The van der Waals surface area contributed by atoms with Gasteiger partial charge in [0.15, 0.2) is 0 Å². The first-order chi connectivity index (χ1) is 8.08. The van der Waals surface area contributed by atoms with E-state index in [1.54, 1.807) is 0 Å². The van der Waals surface area contributed by atoms with Crippen LogP contribution < -0.4 is 0 Å². The van der Waals surface area contributed by atoms with E-state index < -0.39 is 0 Å². The molecule has 1 aliphatic heterocycles. The molecule has 0 fully saturated rings. The average Bonchev–Trinajstić information content (AvgIpc) is 2.31. The maximum absolute atomic E-state index is 12.4. The SMILES string of the molecule is CC1=CCCN(C(=O)c2cc(Br)ccc2Br)C1. The monoisotopic (exact) mass is 357 g/mol. The quantitative estimate of drug-likeness (QED) is 0.694. The van der Waals surface area contributed by atoms with Gasteiger partial charge >= 0.3 is 0 Å². The highest BCUT2D eigenvalue weighted by Crippen LogP contribution is 2.24. The fourth-order valence-electron chi connectivity index (χ4n) is 1.92. The highest BCUT2D eigenvalue weighted by atomic mass is 79.9. The maximum atomic E-state index is 12.4. The summed E-state index contributed by atoms with van der Waals surface area (Å²) in [6, 6.07) is 5.67. The lowest BCUT2D eigenvalue weighted by Gasteiger charge is -2.26. The first-order valence-electron chi connectivity index (χ1n) is 5.48. The van der Waals surface area contributed by atoms with Crippen molar-refractivity contribution in [2.24, 2.45) is 0 Å². The van der Waals surface area contributed by atoms with Gasteiger partial charge in [-0.05, 0) is 47.5 Å². The predicted octanol–water partition coefficient (Wildman–Crippen LogP) is 4.00. The molecule has 1 aromatic carbocycles. The van der Waals surface area contributed by atoms with Crippen LogP contribution in [0, 0.1) is 0 Å². The molecule has 2 rings (SSSR count). The molecule has 90 valence electrons. The smallest absolute Gasteiger partial charge is 0.255 e. The Hall–Kier alpha value is -0.610. The number of hydrogen-bond acceptors (Lipinski definition) is 1. The van der Waals surface area contributed by atoms with Crippen molar-refractivity contribution in [1.29, 1.82) is 0 Å². The molecule has 0 unspecified atom stereocenters. The van der Waals surface area contributed by atoms with E-state index in [2.05, 4.69) is 44.9 Å². The molecule has 2 nitrogen and oxygen atoms in total. The van der Waals surface area contributed by atoms with E-state index in [9.17, 15) is 4.79 Å². The number of benzene rings is 1. The molecule has 0 aliphatic carbocycles. The summed E-state index contributed by atoms with van der Waals surface area (Å²) in [4.78, 5) is 14.3. The van der Waals surface area contributed by atoms with Crippen LogP contribution in [0.2, 0.25) is 0 Å². The Morgan fingerprint density at radius 1 is 1.35 bits per heavy atom. The lowest BCUT2D eigenvalue weighted by molar-refractivity contribution is 0.0765. The summed E-state index contributed by atoms with van der Waals surface area (Å²) in [6.07, 6.45) is 3.14. The molecule has 0 saturated heterocycles. The molecule has 0 bridgehead atoms. The van der Waals surface area contributed by atoms with Crippen molar-refractivity contribution in [3.8, 4) is 0 Å². The van der Waals surface area contributed by atoms with Crippen molar-refractivity contribution in [2.75, 3.05) is 13.1 Å². The molecule has 1 amide bonds. The van der Waals surface area contributed by atoms with Crippen molar-refractivity contribution in [3.05, 3.63) is 44.4 Å². The number of rotatable bonds is 1. The predicted molar refractivity (Wildman–Crippen MR) is 76.1 cm³/mol. The van der Waals surface area contributed by atoms with Crippen LogP contribution in [0.1, 0.15) is 23.7 Å². The zero-order valence-corrected chi connectivity index (χ0v) is 12.7. The second kappa shape index (κ2) is 5.36. The summed E-state index contributed by atoms with van der Waals surface area (Å²) in [5.74, 6) is 0.0885. The third-order valence-corrected chi connectivity index (χ3v) is 3.96. The van der Waals surface area contributed by atoms with Crippen LogP contribution in [0.4, 0.5) is 0 Å². The zero-order chi connectivity index (χ0) is 12.4. The summed E-state index contributed by atoms with van der Waals surface area (Å²) in [6.45, 7) is 3.60. The number of nitrogens with zero attached hydrogens (tertiary/aromatic N) is 1. The van der Waals surface area contributed by atoms with Crippen LogP contribution in [0.5, 0.6) is 0 Å². The van der Waals surface area contributed by atoms with Crippen molar-refractivity contribution < 1.29 is 4.79 Å². The molecular weight excluding hydrogens is 346 g/mol. The van der Waals surface area contributed by atoms with E-state index in [0.717, 1.165) is 28.5 Å². The molecule has 0 spiro atoms. The van der Waals surface area contributed by atoms with Gasteiger partial charge in [-0.3, -0.25) is 4.79 Å². The van der Waals surface area contributed by atoms with Crippen LogP contribution in [-0.2, 0) is 0 Å². The normalized spacial score (nSPS) is 15.7. The van der Waals surface area contributed by atoms with Crippen LogP contribution in [-0.4, -0.2) is 23.9 Å². The van der Waals surface area contributed by atoms with Gasteiger partial charge in [0.2, 0.25) is 0 Å². The lowest BCUT2D eigenvalue weighted by Crippen LogP contribution is -2.35. The Balaban J connectivity index is 2.25. The van der Waals surface area contributed by atoms with Crippen LogP contribution in [0.25, 0.3) is 0 Å². The minimum absolute atomic E-state index is 0.0885. The van der Waals surface area contributed by atoms with Crippen molar-refractivity contribution in [3.63, 3.8) is 0 Å².